The lowest BCUT2D eigenvalue weighted by Gasteiger charge is -2.35. The fraction of sp³-hybridized carbons (Fsp3) is 0.296. The van der Waals surface area contributed by atoms with E-state index in [1.807, 2.05) is 54.6 Å². The van der Waals surface area contributed by atoms with Gasteiger partial charge in [-0.05, 0) is 47.4 Å². The van der Waals surface area contributed by atoms with Gasteiger partial charge in [0.1, 0.15) is 5.82 Å². The molecule has 0 radical (unpaired) electrons. The maximum Gasteiger partial charge on any atom is 0.224 e. The van der Waals surface area contributed by atoms with Gasteiger partial charge in [0, 0.05) is 38.4 Å². The van der Waals surface area contributed by atoms with Crippen LogP contribution in [-0.2, 0) is 21.2 Å². The van der Waals surface area contributed by atoms with Crippen molar-refractivity contribution in [2.75, 3.05) is 43.4 Å². The summed E-state index contributed by atoms with van der Waals surface area (Å²) in [4.78, 5) is 14.3. The van der Waals surface area contributed by atoms with E-state index in [0.29, 0.717) is 39.1 Å². The highest BCUT2D eigenvalue weighted by molar-refractivity contribution is 7.89. The van der Waals surface area contributed by atoms with E-state index in [0.717, 1.165) is 22.4 Å². The van der Waals surface area contributed by atoms with Gasteiger partial charge in [0.15, 0.2) is 0 Å². The minimum Gasteiger partial charge on any atom is -0.369 e. The first-order valence-electron chi connectivity index (χ1n) is 11.8. The molecule has 4 rings (SSSR count). The van der Waals surface area contributed by atoms with E-state index >= 15 is 0 Å². The highest BCUT2D eigenvalue weighted by atomic mass is 32.2. The van der Waals surface area contributed by atoms with Gasteiger partial charge in [0.2, 0.25) is 15.9 Å². The van der Waals surface area contributed by atoms with Gasteiger partial charge in [-0.2, -0.15) is 4.31 Å². The van der Waals surface area contributed by atoms with Crippen molar-refractivity contribution < 1.29 is 17.6 Å². The predicted octanol–water partition coefficient (Wildman–Crippen LogP) is 3.69. The number of sulfonamides is 1. The van der Waals surface area contributed by atoms with Crippen molar-refractivity contribution in [2.45, 2.75) is 12.8 Å². The van der Waals surface area contributed by atoms with E-state index in [9.17, 15) is 17.6 Å². The van der Waals surface area contributed by atoms with Crippen LogP contribution in [0.3, 0.4) is 0 Å². The van der Waals surface area contributed by atoms with Crippen molar-refractivity contribution in [3.63, 3.8) is 0 Å². The second-order valence-electron chi connectivity index (χ2n) is 8.62. The molecule has 1 amide bonds. The third-order valence-electron chi connectivity index (χ3n) is 6.15. The van der Waals surface area contributed by atoms with Gasteiger partial charge in [-0.1, -0.05) is 54.6 Å². The Labute approximate surface area is 206 Å². The summed E-state index contributed by atoms with van der Waals surface area (Å²) in [5.41, 5.74) is 4.02. The SMILES string of the molecule is O=C(Cc1ccc(-c2ccccc2)cc1)NCCCS(=O)(=O)N1CCN(c2ccc(F)cc2)CC1. The van der Waals surface area contributed by atoms with Gasteiger partial charge in [-0.25, -0.2) is 12.8 Å². The highest BCUT2D eigenvalue weighted by Gasteiger charge is 2.26. The average Bonchev–Trinajstić information content (AvgIpc) is 2.88. The first-order valence-corrected chi connectivity index (χ1v) is 13.4. The molecule has 0 atom stereocenters. The number of halogens is 1. The minimum atomic E-state index is -3.39. The van der Waals surface area contributed by atoms with Crippen molar-refractivity contribution in [1.82, 2.24) is 9.62 Å². The molecule has 1 saturated heterocycles. The smallest absolute Gasteiger partial charge is 0.224 e. The Hall–Kier alpha value is -3.23. The molecule has 3 aromatic rings. The van der Waals surface area contributed by atoms with Gasteiger partial charge in [0.05, 0.1) is 12.2 Å². The molecular weight excluding hydrogens is 465 g/mol. The summed E-state index contributed by atoms with van der Waals surface area (Å²) in [6.07, 6.45) is 0.617. The molecule has 6 nitrogen and oxygen atoms in total. The molecule has 0 unspecified atom stereocenters. The Balaban J connectivity index is 1.17. The van der Waals surface area contributed by atoms with Crippen LogP contribution in [0.25, 0.3) is 11.1 Å². The van der Waals surface area contributed by atoms with E-state index in [1.165, 1.54) is 16.4 Å². The van der Waals surface area contributed by atoms with Crippen LogP contribution in [0.5, 0.6) is 0 Å². The zero-order valence-corrected chi connectivity index (χ0v) is 20.4. The number of benzene rings is 3. The van der Waals surface area contributed by atoms with E-state index in [1.54, 1.807) is 12.1 Å². The molecule has 0 aliphatic carbocycles. The molecule has 3 aromatic carbocycles. The molecule has 0 bridgehead atoms. The molecule has 184 valence electrons. The van der Waals surface area contributed by atoms with Gasteiger partial charge < -0.3 is 10.2 Å². The molecule has 1 aliphatic heterocycles. The Morgan fingerprint density at radius 3 is 2.11 bits per heavy atom. The maximum atomic E-state index is 13.1. The van der Waals surface area contributed by atoms with E-state index < -0.39 is 10.0 Å². The zero-order chi connectivity index (χ0) is 24.7. The number of hydrogen-bond acceptors (Lipinski definition) is 4. The number of piperazine rings is 1. The Morgan fingerprint density at radius 2 is 1.46 bits per heavy atom. The van der Waals surface area contributed by atoms with E-state index in [2.05, 4.69) is 10.2 Å². The number of carbonyl (C=O) groups excluding carboxylic acids is 1. The summed E-state index contributed by atoms with van der Waals surface area (Å²) in [5.74, 6) is -0.416. The molecule has 1 heterocycles. The third-order valence-corrected chi connectivity index (χ3v) is 8.11. The second kappa shape index (κ2) is 11.5. The lowest BCUT2D eigenvalue weighted by Crippen LogP contribution is -2.49. The third kappa shape index (κ3) is 6.90. The molecule has 1 N–H and O–H groups in total. The molecule has 1 fully saturated rings. The largest absolute Gasteiger partial charge is 0.369 e. The van der Waals surface area contributed by atoms with Crippen molar-refractivity contribution in [3.8, 4) is 11.1 Å². The fourth-order valence-corrected chi connectivity index (χ4v) is 5.67. The number of anilines is 1. The Bertz CT molecular complexity index is 1210. The number of nitrogens with zero attached hydrogens (tertiary/aromatic N) is 2. The Morgan fingerprint density at radius 1 is 0.829 bits per heavy atom. The van der Waals surface area contributed by atoms with Crippen LogP contribution in [0.2, 0.25) is 0 Å². The zero-order valence-electron chi connectivity index (χ0n) is 19.6. The first-order chi connectivity index (χ1) is 16.9. The molecular formula is C27H30FN3O3S. The summed E-state index contributed by atoms with van der Waals surface area (Å²) in [6.45, 7) is 2.22. The summed E-state index contributed by atoms with van der Waals surface area (Å²) in [5, 5.41) is 2.83. The van der Waals surface area contributed by atoms with Crippen molar-refractivity contribution in [2.24, 2.45) is 0 Å². The lowest BCUT2D eigenvalue weighted by atomic mass is 10.0. The summed E-state index contributed by atoms with van der Waals surface area (Å²) in [7, 11) is -3.39. The Kier molecular flexibility index (Phi) is 8.15. The predicted molar refractivity (Wildman–Crippen MR) is 137 cm³/mol. The molecule has 0 saturated carbocycles. The van der Waals surface area contributed by atoms with E-state index in [-0.39, 0.29) is 23.9 Å². The summed E-state index contributed by atoms with van der Waals surface area (Å²) >= 11 is 0. The lowest BCUT2D eigenvalue weighted by molar-refractivity contribution is -0.120. The van der Waals surface area contributed by atoms with Crippen LogP contribution >= 0.6 is 0 Å². The van der Waals surface area contributed by atoms with Gasteiger partial charge >= 0.3 is 0 Å². The van der Waals surface area contributed by atoms with Gasteiger partial charge in [-0.3, -0.25) is 4.79 Å². The van der Waals surface area contributed by atoms with Crippen molar-refractivity contribution in [1.29, 1.82) is 0 Å². The van der Waals surface area contributed by atoms with Crippen LogP contribution in [0.15, 0.2) is 78.9 Å². The topological polar surface area (TPSA) is 69.7 Å². The van der Waals surface area contributed by atoms with Crippen LogP contribution in [-0.4, -0.2) is 57.1 Å². The molecule has 35 heavy (non-hydrogen) atoms. The van der Waals surface area contributed by atoms with E-state index in [4.69, 9.17) is 0 Å². The first kappa shape index (κ1) is 24.9. The number of nitrogens with one attached hydrogen (secondary N) is 1. The molecule has 0 aromatic heterocycles. The van der Waals surface area contributed by atoms with Crippen LogP contribution in [0.1, 0.15) is 12.0 Å². The molecule has 1 aliphatic rings. The standard InChI is InChI=1S/C27H30FN3O3S/c28-25-11-13-26(14-12-25)30-16-18-31(19-17-30)35(33,34)20-4-15-29-27(32)21-22-7-9-24(10-8-22)23-5-2-1-3-6-23/h1-3,5-14H,4,15-21H2,(H,29,32). The number of rotatable bonds is 9. The van der Waals surface area contributed by atoms with Crippen molar-refractivity contribution in [3.05, 3.63) is 90.2 Å². The quantitative estimate of drug-likeness (QED) is 0.460. The summed E-state index contributed by atoms with van der Waals surface area (Å²) < 4.78 is 40.0. The van der Waals surface area contributed by atoms with Crippen LogP contribution < -0.4 is 10.2 Å². The molecule has 0 spiro atoms. The molecule has 8 heteroatoms. The number of carbonyl (C=O) groups is 1. The van der Waals surface area contributed by atoms with Crippen molar-refractivity contribution >= 4 is 21.6 Å². The average molecular weight is 496 g/mol. The fourth-order valence-electron chi connectivity index (χ4n) is 4.18. The van der Waals surface area contributed by atoms with Gasteiger partial charge in [0.25, 0.3) is 0 Å². The van der Waals surface area contributed by atoms with Crippen LogP contribution in [0.4, 0.5) is 10.1 Å². The summed E-state index contributed by atoms with van der Waals surface area (Å²) in [6, 6.07) is 24.2. The number of hydrogen-bond donors (Lipinski definition) is 1. The maximum absolute atomic E-state index is 13.1. The second-order valence-corrected chi connectivity index (χ2v) is 10.7. The number of amides is 1. The van der Waals surface area contributed by atoms with Crippen LogP contribution in [0, 0.1) is 5.82 Å². The monoisotopic (exact) mass is 495 g/mol. The highest BCUT2D eigenvalue weighted by Crippen LogP contribution is 2.20. The minimum absolute atomic E-state index is 0.00436. The van der Waals surface area contributed by atoms with Gasteiger partial charge in [-0.15, -0.1) is 0 Å². The normalized spacial score (nSPS) is 14.6.